The summed E-state index contributed by atoms with van der Waals surface area (Å²) in [5.41, 5.74) is 6.36. The number of hydrogen-bond donors (Lipinski definition) is 4. The van der Waals surface area contributed by atoms with E-state index in [1.165, 1.54) is 50.5 Å². The fourth-order valence-corrected chi connectivity index (χ4v) is 2.78. The van der Waals surface area contributed by atoms with Crippen molar-refractivity contribution in [3.63, 3.8) is 0 Å². The van der Waals surface area contributed by atoms with E-state index in [9.17, 15) is 14.7 Å². The van der Waals surface area contributed by atoms with Gasteiger partial charge in [-0.05, 0) is 30.5 Å². The van der Waals surface area contributed by atoms with Crippen molar-refractivity contribution in [1.82, 2.24) is 15.0 Å². The molecule has 7 nitrogen and oxygen atoms in total. The van der Waals surface area contributed by atoms with Gasteiger partial charge in [0, 0.05) is 0 Å². The van der Waals surface area contributed by atoms with Crippen LogP contribution in [0, 0.1) is 0 Å². The highest BCUT2D eigenvalue weighted by atomic mass is 16.3. The summed E-state index contributed by atoms with van der Waals surface area (Å²) in [6.45, 7) is 2.23. The van der Waals surface area contributed by atoms with Crippen molar-refractivity contribution in [2.24, 2.45) is 0 Å². The van der Waals surface area contributed by atoms with Crippen LogP contribution in [0.25, 0.3) is 0 Å². The van der Waals surface area contributed by atoms with Gasteiger partial charge >= 0.3 is 11.7 Å². The average Bonchev–Trinajstić information content (AvgIpc) is 2.98. The summed E-state index contributed by atoms with van der Waals surface area (Å²) < 4.78 is 0.599. The number of aryl methyl sites for hydroxylation is 1. The van der Waals surface area contributed by atoms with E-state index in [2.05, 4.69) is 22.8 Å². The summed E-state index contributed by atoms with van der Waals surface area (Å²) in [4.78, 5) is 25.5. The fraction of sp³-hybridized carbons (Fsp3) is 0.474. The van der Waals surface area contributed by atoms with Crippen molar-refractivity contribution in [2.75, 3.05) is 5.43 Å². The number of aromatic hydroxyl groups is 1. The quantitative estimate of drug-likeness (QED) is 0.383. The maximum Gasteiger partial charge on any atom is 0.351 e. The molecule has 142 valence electrons. The lowest BCUT2D eigenvalue weighted by atomic mass is 10.0. The summed E-state index contributed by atoms with van der Waals surface area (Å²) in [6.07, 6.45) is 11.1. The van der Waals surface area contributed by atoms with Gasteiger partial charge in [-0.3, -0.25) is 10.9 Å². The average molecular weight is 360 g/mol. The number of rotatable bonds is 10. The van der Waals surface area contributed by atoms with Crippen molar-refractivity contribution in [3.8, 4) is 5.88 Å². The SMILES string of the molecule is CCCCCCCCCc1ccc(NNC(=O)n2c(O)c[nH]c2=O)cc1. The second kappa shape index (κ2) is 10.3. The van der Waals surface area contributed by atoms with Crippen molar-refractivity contribution < 1.29 is 9.90 Å². The molecule has 1 amide bonds. The number of amides is 1. The first-order valence-electron chi connectivity index (χ1n) is 9.26. The Balaban J connectivity index is 1.70. The largest absolute Gasteiger partial charge is 0.493 e. The normalized spacial score (nSPS) is 10.7. The van der Waals surface area contributed by atoms with Crippen molar-refractivity contribution in [2.45, 2.75) is 58.3 Å². The van der Waals surface area contributed by atoms with Gasteiger partial charge in [0.1, 0.15) is 0 Å². The van der Waals surface area contributed by atoms with Crippen LogP contribution in [0.2, 0.25) is 0 Å². The number of aromatic amines is 1. The number of aromatic nitrogens is 2. The first-order valence-corrected chi connectivity index (χ1v) is 9.26. The zero-order valence-electron chi connectivity index (χ0n) is 15.3. The minimum Gasteiger partial charge on any atom is -0.493 e. The molecule has 1 heterocycles. The molecule has 0 spiro atoms. The molecule has 4 N–H and O–H groups in total. The molecule has 0 saturated carbocycles. The van der Waals surface area contributed by atoms with Crippen LogP contribution in [0.3, 0.4) is 0 Å². The van der Waals surface area contributed by atoms with Gasteiger partial charge in [-0.25, -0.2) is 9.59 Å². The molecular formula is C19H28N4O3. The minimum atomic E-state index is -0.763. The molecular weight excluding hydrogens is 332 g/mol. The molecule has 2 aromatic rings. The van der Waals surface area contributed by atoms with Crippen LogP contribution in [-0.2, 0) is 6.42 Å². The Labute approximate surface area is 153 Å². The van der Waals surface area contributed by atoms with E-state index in [1.807, 2.05) is 24.3 Å². The number of hydrazine groups is 1. The highest BCUT2D eigenvalue weighted by Gasteiger charge is 2.12. The van der Waals surface area contributed by atoms with Gasteiger partial charge in [0.25, 0.3) is 0 Å². The third-order valence-electron chi connectivity index (χ3n) is 4.30. The predicted octanol–water partition coefficient (Wildman–Crippen LogP) is 3.76. The maximum absolute atomic E-state index is 11.9. The van der Waals surface area contributed by atoms with Gasteiger partial charge in [0.2, 0.25) is 5.88 Å². The van der Waals surface area contributed by atoms with Crippen molar-refractivity contribution >= 4 is 11.7 Å². The lowest BCUT2D eigenvalue weighted by Gasteiger charge is -2.09. The Morgan fingerprint density at radius 1 is 1.08 bits per heavy atom. The van der Waals surface area contributed by atoms with Gasteiger partial charge in [0.15, 0.2) is 0 Å². The van der Waals surface area contributed by atoms with Crippen LogP contribution in [0.5, 0.6) is 5.88 Å². The number of imidazole rings is 1. The van der Waals surface area contributed by atoms with E-state index >= 15 is 0 Å². The Bertz CT molecular complexity index is 734. The lowest BCUT2D eigenvalue weighted by molar-refractivity contribution is 0.240. The fourth-order valence-electron chi connectivity index (χ4n) is 2.78. The number of unbranched alkanes of at least 4 members (excludes halogenated alkanes) is 6. The number of hydrogen-bond acceptors (Lipinski definition) is 4. The summed E-state index contributed by atoms with van der Waals surface area (Å²) in [6, 6.07) is 7.02. The molecule has 0 radical (unpaired) electrons. The maximum atomic E-state index is 11.9. The monoisotopic (exact) mass is 360 g/mol. The van der Waals surface area contributed by atoms with E-state index in [4.69, 9.17) is 0 Å². The number of nitrogens with one attached hydrogen (secondary N) is 3. The third-order valence-corrected chi connectivity index (χ3v) is 4.30. The Hall–Kier alpha value is -2.70. The Morgan fingerprint density at radius 2 is 1.73 bits per heavy atom. The van der Waals surface area contributed by atoms with E-state index in [0.29, 0.717) is 10.3 Å². The van der Waals surface area contributed by atoms with E-state index in [1.54, 1.807) is 0 Å². The molecule has 0 unspecified atom stereocenters. The van der Waals surface area contributed by atoms with Gasteiger partial charge in [0.05, 0.1) is 11.9 Å². The van der Waals surface area contributed by atoms with E-state index < -0.39 is 17.6 Å². The molecule has 0 atom stereocenters. The molecule has 7 heteroatoms. The smallest absolute Gasteiger partial charge is 0.351 e. The van der Waals surface area contributed by atoms with Crippen LogP contribution in [-0.4, -0.2) is 20.7 Å². The van der Waals surface area contributed by atoms with Gasteiger partial charge in [-0.1, -0.05) is 57.6 Å². The number of anilines is 1. The molecule has 0 fully saturated rings. The second-order valence-electron chi connectivity index (χ2n) is 6.41. The summed E-state index contributed by atoms with van der Waals surface area (Å²) in [7, 11) is 0. The molecule has 0 bridgehead atoms. The van der Waals surface area contributed by atoms with Crippen LogP contribution in [0.15, 0.2) is 35.3 Å². The van der Waals surface area contributed by atoms with Crippen LogP contribution >= 0.6 is 0 Å². The topological polar surface area (TPSA) is 99.1 Å². The first kappa shape index (κ1) is 19.6. The molecule has 0 aliphatic heterocycles. The lowest BCUT2D eigenvalue weighted by Crippen LogP contribution is -2.38. The first-order chi connectivity index (χ1) is 12.6. The zero-order valence-corrected chi connectivity index (χ0v) is 15.3. The van der Waals surface area contributed by atoms with Gasteiger partial charge in [-0.2, -0.15) is 4.57 Å². The Kier molecular flexibility index (Phi) is 7.79. The van der Waals surface area contributed by atoms with Crippen molar-refractivity contribution in [3.05, 3.63) is 46.5 Å². The van der Waals surface area contributed by atoms with E-state index in [-0.39, 0.29) is 0 Å². The molecule has 0 aliphatic carbocycles. The molecule has 1 aromatic heterocycles. The van der Waals surface area contributed by atoms with Gasteiger partial charge < -0.3 is 10.1 Å². The van der Waals surface area contributed by atoms with Crippen molar-refractivity contribution in [1.29, 1.82) is 0 Å². The summed E-state index contributed by atoms with van der Waals surface area (Å²) >= 11 is 0. The number of carbonyl (C=O) groups excluding carboxylic acids is 1. The number of nitrogens with zero attached hydrogens (tertiary/aromatic N) is 1. The van der Waals surface area contributed by atoms with E-state index in [0.717, 1.165) is 12.6 Å². The number of H-pyrrole nitrogens is 1. The highest BCUT2D eigenvalue weighted by molar-refractivity contribution is 5.79. The Morgan fingerprint density at radius 3 is 2.35 bits per heavy atom. The standard InChI is InChI=1S/C19H28N4O3/c1-2-3-4-5-6-7-8-9-15-10-12-16(13-11-15)21-22-19(26)23-17(24)14-20-18(23)25/h10-14,21,24H,2-9H2,1H3,(H,20,25)(H,22,26). The molecule has 2 rings (SSSR count). The molecule has 0 saturated heterocycles. The number of carbonyl (C=O) groups is 1. The highest BCUT2D eigenvalue weighted by Crippen LogP contribution is 2.13. The van der Waals surface area contributed by atoms with Gasteiger partial charge in [-0.15, -0.1) is 0 Å². The van der Waals surface area contributed by atoms with Crippen LogP contribution in [0.4, 0.5) is 10.5 Å². The summed E-state index contributed by atoms with van der Waals surface area (Å²) in [5.74, 6) is -0.445. The van der Waals surface area contributed by atoms with Crippen LogP contribution < -0.4 is 16.5 Å². The number of benzene rings is 1. The zero-order chi connectivity index (χ0) is 18.8. The molecule has 0 aliphatic rings. The summed E-state index contributed by atoms with van der Waals surface area (Å²) in [5, 5.41) is 9.44. The molecule has 26 heavy (non-hydrogen) atoms. The third kappa shape index (κ3) is 5.98. The predicted molar refractivity (Wildman–Crippen MR) is 102 cm³/mol. The van der Waals surface area contributed by atoms with Crippen LogP contribution in [0.1, 0.15) is 57.4 Å². The minimum absolute atomic E-state index is 0.445. The molecule has 1 aromatic carbocycles. The second-order valence-corrected chi connectivity index (χ2v) is 6.41.